The van der Waals surface area contributed by atoms with Crippen LogP contribution in [0.1, 0.15) is 30.1 Å². The van der Waals surface area contributed by atoms with Crippen molar-refractivity contribution in [3.63, 3.8) is 0 Å². The third-order valence-electron chi connectivity index (χ3n) is 2.57. The maximum atomic E-state index is 12.2. The smallest absolute Gasteiger partial charge is 0.339 e. The number of unbranched alkanes of at least 4 members (excludes halogenated alkanes) is 1. The van der Waals surface area contributed by atoms with E-state index in [-0.39, 0.29) is 27.8 Å². The normalized spacial score (nSPS) is 11.3. The van der Waals surface area contributed by atoms with Gasteiger partial charge >= 0.3 is 5.97 Å². The van der Waals surface area contributed by atoms with Gasteiger partial charge in [0.15, 0.2) is 5.75 Å². The second-order valence-electron chi connectivity index (χ2n) is 4.04. The zero-order valence-corrected chi connectivity index (χ0v) is 12.7. The minimum absolute atomic E-state index is 0.0130. The van der Waals surface area contributed by atoms with Crippen LogP contribution in [0.25, 0.3) is 0 Å². The van der Waals surface area contributed by atoms with Crippen molar-refractivity contribution in [2.75, 3.05) is 13.7 Å². The molecule has 6 nitrogen and oxygen atoms in total. The van der Waals surface area contributed by atoms with Crippen LogP contribution in [0.15, 0.2) is 17.0 Å². The number of nitrogens with one attached hydrogen (secondary N) is 1. The largest absolute Gasteiger partial charge is 0.494 e. The van der Waals surface area contributed by atoms with E-state index in [0.29, 0.717) is 6.42 Å². The van der Waals surface area contributed by atoms with Crippen molar-refractivity contribution in [3.8, 4) is 5.75 Å². The molecule has 0 spiro atoms. The van der Waals surface area contributed by atoms with Gasteiger partial charge < -0.3 is 9.84 Å². The van der Waals surface area contributed by atoms with Gasteiger partial charge in [-0.25, -0.2) is 17.9 Å². The van der Waals surface area contributed by atoms with Crippen LogP contribution in [0, 0.1) is 0 Å². The Labute approximate surface area is 122 Å². The molecule has 0 aromatic heterocycles. The molecule has 112 valence electrons. The lowest BCUT2D eigenvalue weighted by molar-refractivity contribution is 0.0693. The van der Waals surface area contributed by atoms with Gasteiger partial charge in [-0.2, -0.15) is 0 Å². The number of hydrogen-bond acceptors (Lipinski definition) is 4. The number of halogens is 1. The van der Waals surface area contributed by atoms with Gasteiger partial charge in [0.1, 0.15) is 10.5 Å². The first kappa shape index (κ1) is 16.7. The first-order valence-electron chi connectivity index (χ1n) is 5.94. The predicted octanol–water partition coefficient (Wildman–Crippen LogP) is 2.13. The monoisotopic (exact) mass is 321 g/mol. The average Bonchev–Trinajstić information content (AvgIpc) is 2.37. The number of hydrogen-bond donors (Lipinski definition) is 2. The molecular formula is C12H16ClNO5S. The highest BCUT2D eigenvalue weighted by Crippen LogP contribution is 2.31. The molecule has 20 heavy (non-hydrogen) atoms. The summed E-state index contributed by atoms with van der Waals surface area (Å²) in [6.07, 6.45) is 1.50. The second kappa shape index (κ2) is 6.92. The van der Waals surface area contributed by atoms with Crippen molar-refractivity contribution < 1.29 is 23.1 Å². The molecule has 0 saturated carbocycles. The van der Waals surface area contributed by atoms with Crippen LogP contribution < -0.4 is 9.46 Å². The van der Waals surface area contributed by atoms with Crippen molar-refractivity contribution in [2.24, 2.45) is 0 Å². The van der Waals surface area contributed by atoms with Gasteiger partial charge in [0.25, 0.3) is 0 Å². The lowest BCUT2D eigenvalue weighted by atomic mass is 10.2. The van der Waals surface area contributed by atoms with E-state index in [0.717, 1.165) is 12.5 Å². The van der Waals surface area contributed by atoms with E-state index in [1.165, 1.54) is 13.2 Å². The van der Waals surface area contributed by atoms with Crippen LogP contribution in [0.5, 0.6) is 5.75 Å². The van der Waals surface area contributed by atoms with E-state index < -0.39 is 16.0 Å². The number of sulfonamides is 1. The number of aromatic carboxylic acids is 1. The fourth-order valence-corrected chi connectivity index (χ4v) is 3.17. The fourth-order valence-electron chi connectivity index (χ4n) is 1.60. The summed E-state index contributed by atoms with van der Waals surface area (Å²) in [5.41, 5.74) is -0.295. The summed E-state index contributed by atoms with van der Waals surface area (Å²) in [6.45, 7) is 2.19. The lowest BCUT2D eigenvalue weighted by Gasteiger charge is -2.13. The van der Waals surface area contributed by atoms with Gasteiger partial charge in [0.05, 0.1) is 7.11 Å². The molecule has 0 aliphatic carbocycles. The van der Waals surface area contributed by atoms with Crippen molar-refractivity contribution in [1.29, 1.82) is 0 Å². The van der Waals surface area contributed by atoms with Crippen LogP contribution >= 0.6 is 11.6 Å². The summed E-state index contributed by atoms with van der Waals surface area (Å²) in [4.78, 5) is 10.8. The van der Waals surface area contributed by atoms with Crippen molar-refractivity contribution in [2.45, 2.75) is 24.7 Å². The Morgan fingerprint density at radius 1 is 1.45 bits per heavy atom. The van der Waals surface area contributed by atoms with Crippen LogP contribution in [0.3, 0.4) is 0 Å². The topological polar surface area (TPSA) is 92.7 Å². The molecule has 2 N–H and O–H groups in total. The Bertz CT molecular complexity index is 600. The highest BCUT2D eigenvalue weighted by atomic mass is 35.5. The summed E-state index contributed by atoms with van der Waals surface area (Å²) in [7, 11) is -2.67. The SMILES string of the molecule is CCCCNS(=O)(=O)c1cc(Cl)cc(C(=O)O)c1OC. The first-order chi connectivity index (χ1) is 9.33. The maximum Gasteiger partial charge on any atom is 0.339 e. The molecule has 0 atom stereocenters. The molecule has 1 rings (SSSR count). The molecule has 0 heterocycles. The Hall–Kier alpha value is -1.31. The number of methoxy groups -OCH3 is 1. The minimum Gasteiger partial charge on any atom is -0.494 e. The van der Waals surface area contributed by atoms with Gasteiger partial charge in [-0.05, 0) is 18.6 Å². The molecule has 0 radical (unpaired) electrons. The molecule has 1 aromatic carbocycles. The van der Waals surface area contributed by atoms with E-state index in [1.54, 1.807) is 0 Å². The Balaban J connectivity index is 3.33. The van der Waals surface area contributed by atoms with Crippen molar-refractivity contribution in [3.05, 3.63) is 22.7 Å². The van der Waals surface area contributed by atoms with E-state index in [1.807, 2.05) is 6.92 Å². The highest BCUT2D eigenvalue weighted by Gasteiger charge is 2.25. The fraction of sp³-hybridized carbons (Fsp3) is 0.417. The zero-order valence-electron chi connectivity index (χ0n) is 11.1. The predicted molar refractivity (Wildman–Crippen MR) is 75.1 cm³/mol. The highest BCUT2D eigenvalue weighted by molar-refractivity contribution is 7.89. The molecule has 0 aliphatic rings. The second-order valence-corrected chi connectivity index (χ2v) is 6.21. The summed E-state index contributed by atoms with van der Waals surface area (Å²) >= 11 is 5.78. The van der Waals surface area contributed by atoms with Gasteiger partial charge in [0, 0.05) is 11.6 Å². The van der Waals surface area contributed by atoms with Gasteiger partial charge in [-0.1, -0.05) is 24.9 Å². The number of benzene rings is 1. The van der Waals surface area contributed by atoms with Gasteiger partial charge in [-0.3, -0.25) is 0 Å². The van der Waals surface area contributed by atoms with Crippen LogP contribution in [-0.4, -0.2) is 33.1 Å². The molecule has 0 unspecified atom stereocenters. The summed E-state index contributed by atoms with van der Waals surface area (Å²) in [5.74, 6) is -1.54. The molecule has 0 bridgehead atoms. The molecule has 0 fully saturated rings. The van der Waals surface area contributed by atoms with Crippen LogP contribution in [-0.2, 0) is 10.0 Å². The first-order valence-corrected chi connectivity index (χ1v) is 7.80. The van der Waals surface area contributed by atoms with Crippen LogP contribution in [0.2, 0.25) is 5.02 Å². The third-order valence-corrected chi connectivity index (χ3v) is 4.25. The van der Waals surface area contributed by atoms with E-state index in [9.17, 15) is 13.2 Å². The lowest BCUT2D eigenvalue weighted by Crippen LogP contribution is -2.25. The quantitative estimate of drug-likeness (QED) is 0.750. The summed E-state index contributed by atoms with van der Waals surface area (Å²) in [5, 5.41) is 9.08. The van der Waals surface area contributed by atoms with E-state index in [4.69, 9.17) is 21.4 Å². The van der Waals surface area contributed by atoms with Crippen LogP contribution in [0.4, 0.5) is 0 Å². The number of ether oxygens (including phenoxy) is 1. The minimum atomic E-state index is -3.88. The molecule has 0 aliphatic heterocycles. The molecule has 1 aromatic rings. The Kier molecular flexibility index (Phi) is 5.79. The Morgan fingerprint density at radius 2 is 2.10 bits per heavy atom. The number of carbonyl (C=O) groups is 1. The number of rotatable bonds is 7. The standard InChI is InChI=1S/C12H16ClNO5S/c1-3-4-5-14-20(17,18)10-7-8(13)6-9(12(15)16)11(10)19-2/h6-7,14H,3-5H2,1-2H3,(H,15,16). The molecule has 8 heteroatoms. The summed E-state index contributed by atoms with van der Waals surface area (Å²) in [6, 6.07) is 2.31. The van der Waals surface area contributed by atoms with E-state index in [2.05, 4.69) is 4.72 Å². The zero-order chi connectivity index (χ0) is 15.3. The summed E-state index contributed by atoms with van der Waals surface area (Å²) < 4.78 is 31.7. The van der Waals surface area contributed by atoms with Crippen molar-refractivity contribution >= 4 is 27.6 Å². The molecule has 0 amide bonds. The Morgan fingerprint density at radius 3 is 2.60 bits per heavy atom. The molecule has 0 saturated heterocycles. The number of carboxylic acids is 1. The van der Waals surface area contributed by atoms with E-state index >= 15 is 0 Å². The van der Waals surface area contributed by atoms with Gasteiger partial charge in [-0.15, -0.1) is 0 Å². The van der Waals surface area contributed by atoms with Crippen molar-refractivity contribution in [1.82, 2.24) is 4.72 Å². The van der Waals surface area contributed by atoms with Gasteiger partial charge in [0.2, 0.25) is 10.0 Å². The average molecular weight is 322 g/mol. The third kappa shape index (κ3) is 3.84. The maximum absolute atomic E-state index is 12.2. The molecular weight excluding hydrogens is 306 g/mol. The number of carboxylic acid groups (broad SMARTS) is 1.